The Morgan fingerprint density at radius 1 is 0.929 bits per heavy atom. The Morgan fingerprint density at radius 2 is 1.75 bits per heavy atom. The van der Waals surface area contributed by atoms with Crippen molar-refractivity contribution >= 4 is 22.5 Å². The van der Waals surface area contributed by atoms with Gasteiger partial charge in [0.25, 0.3) is 0 Å². The molecule has 0 radical (unpaired) electrons. The summed E-state index contributed by atoms with van der Waals surface area (Å²) in [5.41, 5.74) is 2.19. The SMILES string of the molecule is CN(C)[C@H]1CCN(c2nccnc2C2CN(c3ccc4ccccc4n3)C2)C1. The van der Waals surface area contributed by atoms with E-state index in [0.717, 1.165) is 49.0 Å². The summed E-state index contributed by atoms with van der Waals surface area (Å²) in [7, 11) is 4.32. The first-order chi connectivity index (χ1) is 13.7. The second-order valence-corrected chi connectivity index (χ2v) is 8.08. The molecular weight excluding hydrogens is 348 g/mol. The molecule has 1 atom stereocenters. The minimum atomic E-state index is 0.412. The van der Waals surface area contributed by atoms with Gasteiger partial charge in [-0.05, 0) is 38.7 Å². The molecule has 28 heavy (non-hydrogen) atoms. The molecule has 1 aromatic carbocycles. The van der Waals surface area contributed by atoms with Crippen molar-refractivity contribution in [3.8, 4) is 0 Å². The van der Waals surface area contributed by atoms with Crippen molar-refractivity contribution in [2.45, 2.75) is 18.4 Å². The standard InChI is InChI=1S/C22H26N6/c1-26(2)18-9-12-27(15-18)22-21(23-10-11-24-22)17-13-28(14-17)20-8-7-16-5-3-4-6-19(16)25-20/h3-8,10-11,17-18H,9,12-15H2,1-2H3/t18-/m0/s1. The highest BCUT2D eigenvalue weighted by Gasteiger charge is 2.35. The largest absolute Gasteiger partial charge is 0.355 e. The Balaban J connectivity index is 1.32. The maximum Gasteiger partial charge on any atom is 0.150 e. The second kappa shape index (κ2) is 7.02. The maximum atomic E-state index is 4.83. The fraction of sp³-hybridized carbons (Fsp3) is 0.409. The van der Waals surface area contributed by atoms with Crippen LogP contribution in [0.25, 0.3) is 10.9 Å². The molecular formula is C22H26N6. The van der Waals surface area contributed by atoms with Crippen LogP contribution >= 0.6 is 0 Å². The van der Waals surface area contributed by atoms with E-state index in [1.165, 1.54) is 11.8 Å². The highest BCUT2D eigenvalue weighted by Crippen LogP contribution is 2.35. The maximum absolute atomic E-state index is 4.83. The first-order valence-electron chi connectivity index (χ1n) is 10.0. The van der Waals surface area contributed by atoms with Gasteiger partial charge in [0.05, 0.1) is 11.2 Å². The molecule has 2 aliphatic rings. The van der Waals surface area contributed by atoms with Gasteiger partial charge in [-0.3, -0.25) is 4.98 Å². The van der Waals surface area contributed by atoms with Gasteiger partial charge in [0.1, 0.15) is 5.82 Å². The summed E-state index contributed by atoms with van der Waals surface area (Å²) in [5.74, 6) is 2.53. The monoisotopic (exact) mass is 374 g/mol. The Bertz CT molecular complexity index is 981. The summed E-state index contributed by atoms with van der Waals surface area (Å²) in [6, 6.07) is 13.1. The lowest BCUT2D eigenvalue weighted by atomic mass is 9.95. The van der Waals surface area contributed by atoms with Crippen LogP contribution in [0.4, 0.5) is 11.6 Å². The van der Waals surface area contributed by atoms with E-state index in [2.05, 4.69) is 59.1 Å². The molecule has 5 rings (SSSR count). The lowest BCUT2D eigenvalue weighted by Crippen LogP contribution is -2.46. The van der Waals surface area contributed by atoms with Crippen molar-refractivity contribution in [1.29, 1.82) is 0 Å². The Morgan fingerprint density at radius 3 is 2.57 bits per heavy atom. The molecule has 0 bridgehead atoms. The van der Waals surface area contributed by atoms with Gasteiger partial charge in [-0.2, -0.15) is 0 Å². The predicted molar refractivity (Wildman–Crippen MR) is 113 cm³/mol. The number of para-hydroxylation sites is 1. The Labute approximate surface area is 165 Å². The normalized spacial score (nSPS) is 20.2. The summed E-state index contributed by atoms with van der Waals surface area (Å²) in [4.78, 5) is 21.3. The van der Waals surface area contributed by atoms with Gasteiger partial charge in [-0.25, -0.2) is 9.97 Å². The molecule has 3 aromatic rings. The third kappa shape index (κ3) is 3.07. The summed E-state index contributed by atoms with van der Waals surface area (Å²) in [5, 5.41) is 1.18. The minimum Gasteiger partial charge on any atom is -0.355 e. The lowest BCUT2D eigenvalue weighted by molar-refractivity contribution is 0.315. The predicted octanol–water partition coefficient (Wildman–Crippen LogP) is 2.77. The first kappa shape index (κ1) is 17.4. The number of hydrogen-bond acceptors (Lipinski definition) is 6. The fourth-order valence-corrected chi connectivity index (χ4v) is 4.30. The number of aromatic nitrogens is 3. The molecule has 6 nitrogen and oxygen atoms in total. The topological polar surface area (TPSA) is 48.4 Å². The van der Waals surface area contributed by atoms with E-state index in [9.17, 15) is 0 Å². The number of anilines is 2. The molecule has 0 N–H and O–H groups in total. The third-order valence-corrected chi connectivity index (χ3v) is 6.08. The summed E-state index contributed by atoms with van der Waals surface area (Å²) < 4.78 is 0. The van der Waals surface area contributed by atoms with Crippen LogP contribution in [-0.2, 0) is 0 Å². The van der Waals surface area contributed by atoms with Crippen molar-refractivity contribution in [1.82, 2.24) is 19.9 Å². The summed E-state index contributed by atoms with van der Waals surface area (Å²) in [6.07, 6.45) is 4.83. The van der Waals surface area contributed by atoms with Crippen LogP contribution in [0.5, 0.6) is 0 Å². The summed E-state index contributed by atoms with van der Waals surface area (Å²) >= 11 is 0. The van der Waals surface area contributed by atoms with Gasteiger partial charge >= 0.3 is 0 Å². The van der Waals surface area contributed by atoms with E-state index in [4.69, 9.17) is 15.0 Å². The van der Waals surface area contributed by atoms with Crippen LogP contribution in [0.1, 0.15) is 18.0 Å². The van der Waals surface area contributed by atoms with Crippen molar-refractivity contribution in [2.75, 3.05) is 50.1 Å². The summed E-state index contributed by atoms with van der Waals surface area (Å²) in [6.45, 7) is 3.97. The average Bonchev–Trinajstić information content (AvgIpc) is 3.18. The van der Waals surface area contributed by atoms with E-state index in [0.29, 0.717) is 12.0 Å². The molecule has 0 spiro atoms. The minimum absolute atomic E-state index is 0.412. The highest BCUT2D eigenvalue weighted by atomic mass is 15.3. The number of rotatable bonds is 4. The van der Waals surface area contributed by atoms with Crippen LogP contribution in [-0.4, -0.2) is 66.2 Å². The zero-order chi connectivity index (χ0) is 19.1. The molecule has 2 aromatic heterocycles. The first-order valence-corrected chi connectivity index (χ1v) is 10.0. The fourth-order valence-electron chi connectivity index (χ4n) is 4.30. The molecule has 2 fully saturated rings. The number of nitrogens with zero attached hydrogens (tertiary/aromatic N) is 6. The third-order valence-electron chi connectivity index (χ3n) is 6.08. The zero-order valence-corrected chi connectivity index (χ0v) is 16.5. The van der Waals surface area contributed by atoms with Crippen molar-refractivity contribution in [3.05, 3.63) is 54.5 Å². The van der Waals surface area contributed by atoms with Gasteiger partial charge in [0.2, 0.25) is 0 Å². The average molecular weight is 374 g/mol. The number of hydrogen-bond donors (Lipinski definition) is 0. The molecule has 2 saturated heterocycles. The Kier molecular flexibility index (Phi) is 4.36. The molecule has 2 aliphatic heterocycles. The molecule has 0 amide bonds. The second-order valence-electron chi connectivity index (χ2n) is 8.08. The van der Waals surface area contributed by atoms with E-state index in [1.54, 1.807) is 0 Å². The number of fused-ring (bicyclic) bond motifs is 1. The van der Waals surface area contributed by atoms with Crippen molar-refractivity contribution in [2.24, 2.45) is 0 Å². The van der Waals surface area contributed by atoms with E-state index < -0.39 is 0 Å². The smallest absolute Gasteiger partial charge is 0.150 e. The van der Waals surface area contributed by atoms with E-state index >= 15 is 0 Å². The highest BCUT2D eigenvalue weighted by molar-refractivity contribution is 5.80. The molecule has 0 aliphatic carbocycles. The number of pyridine rings is 1. The van der Waals surface area contributed by atoms with Gasteiger partial charge in [-0.15, -0.1) is 0 Å². The van der Waals surface area contributed by atoms with Gasteiger partial charge in [0, 0.05) is 55.9 Å². The van der Waals surface area contributed by atoms with Crippen LogP contribution in [0, 0.1) is 0 Å². The quantitative estimate of drug-likeness (QED) is 0.700. The Hall–Kier alpha value is -2.73. The van der Waals surface area contributed by atoms with E-state index in [-0.39, 0.29) is 0 Å². The number of benzene rings is 1. The number of likely N-dealkylation sites (N-methyl/N-ethyl adjacent to an activating group) is 1. The molecule has 4 heterocycles. The van der Waals surface area contributed by atoms with Crippen LogP contribution in [0.2, 0.25) is 0 Å². The van der Waals surface area contributed by atoms with Gasteiger partial charge < -0.3 is 14.7 Å². The van der Waals surface area contributed by atoms with Crippen molar-refractivity contribution in [3.63, 3.8) is 0 Å². The van der Waals surface area contributed by atoms with Gasteiger partial charge in [0.15, 0.2) is 5.82 Å². The molecule has 0 saturated carbocycles. The lowest BCUT2D eigenvalue weighted by Gasteiger charge is -2.40. The van der Waals surface area contributed by atoms with Crippen LogP contribution in [0.15, 0.2) is 48.8 Å². The molecule has 6 heteroatoms. The van der Waals surface area contributed by atoms with E-state index in [1.807, 2.05) is 18.5 Å². The van der Waals surface area contributed by atoms with Crippen molar-refractivity contribution < 1.29 is 0 Å². The van der Waals surface area contributed by atoms with Crippen LogP contribution in [0.3, 0.4) is 0 Å². The van der Waals surface area contributed by atoms with Crippen LogP contribution < -0.4 is 9.80 Å². The molecule has 0 unspecified atom stereocenters. The van der Waals surface area contributed by atoms with Gasteiger partial charge in [-0.1, -0.05) is 18.2 Å². The zero-order valence-electron chi connectivity index (χ0n) is 16.5. The molecule has 144 valence electrons.